The number of likely N-dealkylation sites (N-methyl/N-ethyl adjacent to an activating group) is 1. The summed E-state index contributed by atoms with van der Waals surface area (Å²) in [5, 5.41) is 2.64. The molecule has 19 heavy (non-hydrogen) atoms. The quantitative estimate of drug-likeness (QED) is 0.778. The summed E-state index contributed by atoms with van der Waals surface area (Å²) in [4.78, 5) is 13.9. The van der Waals surface area contributed by atoms with Crippen LogP contribution >= 0.6 is 0 Å². The summed E-state index contributed by atoms with van der Waals surface area (Å²) in [6, 6.07) is 4.30. The van der Waals surface area contributed by atoms with Crippen molar-refractivity contribution in [3.8, 4) is 0 Å². The lowest BCUT2D eigenvalue weighted by Crippen LogP contribution is -2.37. The third-order valence-corrected chi connectivity index (χ3v) is 3.25. The molecule has 0 bridgehead atoms. The Bertz CT molecular complexity index is 433. The van der Waals surface area contributed by atoms with Crippen LogP contribution < -0.4 is 11.1 Å². The van der Waals surface area contributed by atoms with Crippen LogP contribution in [0.3, 0.4) is 0 Å². The summed E-state index contributed by atoms with van der Waals surface area (Å²) in [6.45, 7) is 4.45. The number of amides is 1. The molecule has 106 valence electrons. The number of halogens is 1. The highest BCUT2D eigenvalue weighted by atomic mass is 19.1. The van der Waals surface area contributed by atoms with Crippen molar-refractivity contribution in [2.45, 2.75) is 32.7 Å². The fourth-order valence-electron chi connectivity index (χ4n) is 2.09. The molecule has 1 amide bonds. The second-order valence-corrected chi connectivity index (χ2v) is 4.67. The molecule has 0 radical (unpaired) electrons. The highest BCUT2D eigenvalue weighted by molar-refractivity contribution is 5.95. The van der Waals surface area contributed by atoms with Crippen molar-refractivity contribution < 1.29 is 9.18 Å². The minimum absolute atomic E-state index is 0.188. The van der Waals surface area contributed by atoms with Gasteiger partial charge in [0, 0.05) is 6.04 Å². The van der Waals surface area contributed by atoms with Crippen LogP contribution in [0.25, 0.3) is 0 Å². The molecule has 0 heterocycles. The first kappa shape index (κ1) is 15.4. The molecule has 5 heteroatoms. The van der Waals surface area contributed by atoms with Crippen LogP contribution in [0, 0.1) is 5.82 Å². The van der Waals surface area contributed by atoms with Gasteiger partial charge in [0.2, 0.25) is 5.91 Å². The molecule has 3 N–H and O–H groups in total. The highest BCUT2D eigenvalue weighted by Crippen LogP contribution is 2.19. The number of anilines is 2. The molecule has 1 aromatic rings. The Labute approximate surface area is 113 Å². The van der Waals surface area contributed by atoms with Crippen LogP contribution in [0.5, 0.6) is 0 Å². The Morgan fingerprint density at radius 2 is 2.05 bits per heavy atom. The van der Waals surface area contributed by atoms with Crippen molar-refractivity contribution in [3.63, 3.8) is 0 Å². The Hall–Kier alpha value is -1.62. The zero-order chi connectivity index (χ0) is 14.4. The van der Waals surface area contributed by atoms with Crippen LogP contribution in [0.2, 0.25) is 0 Å². The first-order valence-corrected chi connectivity index (χ1v) is 6.53. The normalized spacial score (nSPS) is 11.1. The largest absolute Gasteiger partial charge is 0.397 e. The highest BCUT2D eigenvalue weighted by Gasteiger charge is 2.14. The van der Waals surface area contributed by atoms with Crippen molar-refractivity contribution >= 4 is 17.3 Å². The molecule has 0 spiro atoms. The van der Waals surface area contributed by atoms with Crippen molar-refractivity contribution in [1.29, 1.82) is 0 Å². The van der Waals surface area contributed by atoms with Gasteiger partial charge < -0.3 is 11.1 Å². The topological polar surface area (TPSA) is 58.4 Å². The molecule has 0 saturated carbocycles. The van der Waals surface area contributed by atoms with Gasteiger partial charge in [-0.1, -0.05) is 13.8 Å². The fourth-order valence-corrected chi connectivity index (χ4v) is 2.09. The van der Waals surface area contributed by atoms with Gasteiger partial charge in [-0.15, -0.1) is 0 Å². The average Bonchev–Trinajstić information content (AvgIpc) is 2.35. The van der Waals surface area contributed by atoms with E-state index in [-0.39, 0.29) is 12.5 Å². The third kappa shape index (κ3) is 4.52. The van der Waals surface area contributed by atoms with Gasteiger partial charge in [0.05, 0.1) is 17.9 Å². The summed E-state index contributed by atoms with van der Waals surface area (Å²) in [7, 11) is 1.91. The maximum absolute atomic E-state index is 13.1. The Morgan fingerprint density at radius 3 is 2.63 bits per heavy atom. The standard InChI is InChI=1S/C14H22FN3O/c1-4-11(5-2)18(3)9-14(19)17-13-8-10(15)6-7-12(13)16/h6-8,11H,4-5,9,16H2,1-3H3,(H,17,19). The maximum Gasteiger partial charge on any atom is 0.238 e. The number of nitrogens with one attached hydrogen (secondary N) is 1. The lowest BCUT2D eigenvalue weighted by Gasteiger charge is -2.25. The number of carbonyl (C=O) groups is 1. The molecule has 1 rings (SSSR count). The predicted molar refractivity (Wildman–Crippen MR) is 76.4 cm³/mol. The van der Waals surface area contributed by atoms with E-state index in [1.54, 1.807) is 0 Å². The minimum atomic E-state index is -0.419. The van der Waals surface area contributed by atoms with E-state index in [9.17, 15) is 9.18 Å². The molecule has 0 unspecified atom stereocenters. The lowest BCUT2D eigenvalue weighted by atomic mass is 10.1. The number of nitrogens with two attached hydrogens (primary N) is 1. The SMILES string of the molecule is CCC(CC)N(C)CC(=O)Nc1cc(F)ccc1N. The molecule has 0 atom stereocenters. The number of hydrogen-bond acceptors (Lipinski definition) is 3. The summed E-state index contributed by atoms with van der Waals surface area (Å²) in [5.41, 5.74) is 6.37. The monoisotopic (exact) mass is 267 g/mol. The Kier molecular flexibility index (Phi) is 5.76. The van der Waals surface area contributed by atoms with E-state index in [2.05, 4.69) is 19.2 Å². The van der Waals surface area contributed by atoms with Gasteiger partial charge in [-0.05, 0) is 38.1 Å². The smallest absolute Gasteiger partial charge is 0.238 e. The van der Waals surface area contributed by atoms with Gasteiger partial charge in [-0.2, -0.15) is 0 Å². The van der Waals surface area contributed by atoms with Crippen LogP contribution in [0.15, 0.2) is 18.2 Å². The van der Waals surface area contributed by atoms with Gasteiger partial charge in [-0.25, -0.2) is 4.39 Å². The molecule has 0 aliphatic carbocycles. The molecule has 0 fully saturated rings. The van der Waals surface area contributed by atoms with E-state index >= 15 is 0 Å². The van der Waals surface area contributed by atoms with Crippen molar-refractivity contribution in [1.82, 2.24) is 4.90 Å². The number of nitrogens with zero attached hydrogens (tertiary/aromatic N) is 1. The van der Waals surface area contributed by atoms with Crippen molar-refractivity contribution in [2.75, 3.05) is 24.6 Å². The number of hydrogen-bond donors (Lipinski definition) is 2. The van der Waals surface area contributed by atoms with Crippen molar-refractivity contribution in [2.24, 2.45) is 0 Å². The molecule has 0 aliphatic rings. The van der Waals surface area contributed by atoms with Gasteiger partial charge in [0.1, 0.15) is 5.82 Å². The fraction of sp³-hybridized carbons (Fsp3) is 0.500. The number of benzene rings is 1. The molecule has 0 aliphatic heterocycles. The van der Waals surface area contributed by atoms with Crippen LogP contribution in [-0.2, 0) is 4.79 Å². The van der Waals surface area contributed by atoms with Crippen LogP contribution in [0.4, 0.5) is 15.8 Å². The van der Waals surface area contributed by atoms with Gasteiger partial charge in [0.15, 0.2) is 0 Å². The molecular weight excluding hydrogens is 245 g/mol. The summed E-state index contributed by atoms with van der Waals surface area (Å²) in [6.07, 6.45) is 1.98. The second kappa shape index (κ2) is 7.09. The molecule has 0 saturated heterocycles. The average molecular weight is 267 g/mol. The van der Waals surface area contributed by atoms with E-state index in [1.165, 1.54) is 18.2 Å². The summed E-state index contributed by atoms with van der Waals surface area (Å²) in [5.74, 6) is -0.607. The second-order valence-electron chi connectivity index (χ2n) is 4.67. The molecular formula is C14H22FN3O. The lowest BCUT2D eigenvalue weighted by molar-refractivity contribution is -0.117. The van der Waals surface area contributed by atoms with Gasteiger partial charge in [0.25, 0.3) is 0 Å². The van der Waals surface area contributed by atoms with Crippen molar-refractivity contribution in [3.05, 3.63) is 24.0 Å². The molecule has 1 aromatic carbocycles. The number of rotatable bonds is 6. The maximum atomic E-state index is 13.1. The minimum Gasteiger partial charge on any atom is -0.397 e. The van der Waals surface area contributed by atoms with E-state index < -0.39 is 5.82 Å². The predicted octanol–water partition coefficient (Wildman–Crippen LogP) is 2.47. The zero-order valence-corrected chi connectivity index (χ0v) is 11.7. The molecule has 4 nitrogen and oxygen atoms in total. The molecule has 0 aromatic heterocycles. The van der Waals surface area contributed by atoms with Gasteiger partial charge >= 0.3 is 0 Å². The summed E-state index contributed by atoms with van der Waals surface area (Å²) >= 11 is 0. The van der Waals surface area contributed by atoms with E-state index in [0.717, 1.165) is 12.8 Å². The summed E-state index contributed by atoms with van der Waals surface area (Å²) < 4.78 is 13.1. The Morgan fingerprint density at radius 1 is 1.42 bits per heavy atom. The number of nitrogen functional groups attached to an aromatic ring is 1. The van der Waals surface area contributed by atoms with Gasteiger partial charge in [-0.3, -0.25) is 9.69 Å². The first-order valence-electron chi connectivity index (χ1n) is 6.53. The number of carbonyl (C=O) groups excluding carboxylic acids is 1. The van der Waals surface area contributed by atoms with E-state index in [1.807, 2.05) is 11.9 Å². The first-order chi connectivity index (χ1) is 8.97. The van der Waals surface area contributed by atoms with E-state index in [4.69, 9.17) is 5.73 Å². The zero-order valence-electron chi connectivity index (χ0n) is 11.7. The van der Waals surface area contributed by atoms with Crippen LogP contribution in [-0.4, -0.2) is 30.4 Å². The van der Waals surface area contributed by atoms with Crippen LogP contribution in [0.1, 0.15) is 26.7 Å². The Balaban J connectivity index is 2.62. The van der Waals surface area contributed by atoms with E-state index in [0.29, 0.717) is 17.4 Å². The third-order valence-electron chi connectivity index (χ3n) is 3.25.